The summed E-state index contributed by atoms with van der Waals surface area (Å²) in [5.74, 6) is -0.818. The third-order valence-corrected chi connectivity index (χ3v) is 9.84. The second kappa shape index (κ2) is 15.2. The number of carbonyl (C=O) groups is 2. The fraction of sp³-hybridized carbons (Fsp3) is 0.632. The number of benzene rings is 2. The SMILES string of the molecule is CCCCc1c2c(c(CCCC)c3c1Cc1c(c(CCCC)c(C(=O)OC)c(C(=O)OC)c1CCCC)C3)CCCC2. The molecule has 0 spiro atoms. The molecule has 42 heavy (non-hydrogen) atoms. The van der Waals surface area contributed by atoms with Crippen LogP contribution in [0.5, 0.6) is 0 Å². The van der Waals surface area contributed by atoms with Crippen LogP contribution in [-0.2, 0) is 60.8 Å². The van der Waals surface area contributed by atoms with Crippen LogP contribution in [0.4, 0.5) is 0 Å². The lowest BCUT2D eigenvalue weighted by atomic mass is 9.69. The maximum Gasteiger partial charge on any atom is 0.339 e. The minimum atomic E-state index is -0.409. The summed E-state index contributed by atoms with van der Waals surface area (Å²) in [7, 11) is 2.87. The van der Waals surface area contributed by atoms with Gasteiger partial charge in [-0.1, -0.05) is 53.4 Å². The van der Waals surface area contributed by atoms with Crippen LogP contribution < -0.4 is 0 Å². The Bertz CT molecular complexity index is 1190. The number of fused-ring (bicyclic) bond motifs is 3. The van der Waals surface area contributed by atoms with E-state index in [4.69, 9.17) is 9.47 Å². The summed E-state index contributed by atoms with van der Waals surface area (Å²) in [5, 5.41) is 0. The zero-order valence-electron chi connectivity index (χ0n) is 27.4. The maximum atomic E-state index is 13.5. The van der Waals surface area contributed by atoms with Gasteiger partial charge in [0.2, 0.25) is 0 Å². The molecule has 0 amide bonds. The molecule has 0 radical (unpaired) electrons. The van der Waals surface area contributed by atoms with Gasteiger partial charge in [-0.15, -0.1) is 0 Å². The van der Waals surface area contributed by atoms with Crippen LogP contribution in [0.2, 0.25) is 0 Å². The van der Waals surface area contributed by atoms with Gasteiger partial charge in [-0.2, -0.15) is 0 Å². The molecule has 0 N–H and O–H groups in total. The summed E-state index contributed by atoms with van der Waals surface area (Å²) in [6.45, 7) is 8.96. The number of hydrogen-bond donors (Lipinski definition) is 0. The molecule has 2 aromatic carbocycles. The van der Waals surface area contributed by atoms with Gasteiger partial charge < -0.3 is 9.47 Å². The number of carbonyl (C=O) groups excluding carboxylic acids is 2. The molecule has 0 bridgehead atoms. The molecule has 2 aromatic rings. The Balaban J connectivity index is 2.09. The predicted octanol–water partition coefficient (Wildman–Crippen LogP) is 9.00. The van der Waals surface area contributed by atoms with Gasteiger partial charge in [0.1, 0.15) is 0 Å². The van der Waals surface area contributed by atoms with Crippen molar-refractivity contribution in [2.24, 2.45) is 0 Å². The molecule has 2 aliphatic rings. The molecular formula is C38H54O4. The highest BCUT2D eigenvalue weighted by Gasteiger charge is 2.35. The van der Waals surface area contributed by atoms with Gasteiger partial charge in [-0.25, -0.2) is 9.59 Å². The lowest BCUT2D eigenvalue weighted by Gasteiger charge is -2.35. The number of unbranched alkanes of at least 4 members (excludes halogenated alkanes) is 4. The maximum absolute atomic E-state index is 13.5. The van der Waals surface area contributed by atoms with E-state index in [2.05, 4.69) is 27.7 Å². The van der Waals surface area contributed by atoms with Crippen molar-refractivity contribution >= 4 is 11.9 Å². The van der Waals surface area contributed by atoms with Crippen LogP contribution in [0.1, 0.15) is 168 Å². The Hall–Kier alpha value is -2.62. The van der Waals surface area contributed by atoms with E-state index >= 15 is 0 Å². The van der Waals surface area contributed by atoms with Gasteiger partial charge >= 0.3 is 11.9 Å². The van der Waals surface area contributed by atoms with Crippen molar-refractivity contribution in [2.75, 3.05) is 14.2 Å². The monoisotopic (exact) mass is 574 g/mol. The summed E-state index contributed by atoms with van der Waals surface area (Å²) >= 11 is 0. The third-order valence-electron chi connectivity index (χ3n) is 9.84. The molecule has 0 aliphatic heterocycles. The Labute approximate surface area is 255 Å². The molecule has 0 saturated carbocycles. The number of ether oxygens (including phenoxy) is 2. The van der Waals surface area contributed by atoms with E-state index in [9.17, 15) is 9.59 Å². The second-order valence-electron chi connectivity index (χ2n) is 12.5. The molecule has 4 nitrogen and oxygen atoms in total. The first-order chi connectivity index (χ1) is 20.5. The van der Waals surface area contributed by atoms with Crippen molar-refractivity contribution in [3.8, 4) is 0 Å². The largest absolute Gasteiger partial charge is 0.465 e. The van der Waals surface area contributed by atoms with Crippen LogP contribution in [0.3, 0.4) is 0 Å². The summed E-state index contributed by atoms with van der Waals surface area (Å²) in [6, 6.07) is 0. The standard InChI is InChI=1S/C38H54O4/c1-7-11-17-27-25-21-15-16-22-26(25)28(18-12-8-2)32-24-34-30(20-14-10-4)36(38(40)42-6)35(37(39)41-5)29(19-13-9-3)33(34)23-31(27)32/h7-24H2,1-6H3. The lowest BCUT2D eigenvalue weighted by molar-refractivity contribution is 0.0552. The van der Waals surface area contributed by atoms with Crippen molar-refractivity contribution in [3.05, 3.63) is 66.8 Å². The zero-order valence-corrected chi connectivity index (χ0v) is 27.4. The average molecular weight is 575 g/mol. The van der Waals surface area contributed by atoms with E-state index in [0.29, 0.717) is 11.1 Å². The molecule has 2 aliphatic carbocycles. The second-order valence-corrected chi connectivity index (χ2v) is 12.5. The van der Waals surface area contributed by atoms with Gasteiger partial charge in [-0.05, 0) is 146 Å². The Morgan fingerprint density at radius 1 is 0.500 bits per heavy atom. The lowest BCUT2D eigenvalue weighted by Crippen LogP contribution is -2.26. The van der Waals surface area contributed by atoms with Gasteiger partial charge in [0.05, 0.1) is 25.3 Å². The van der Waals surface area contributed by atoms with E-state index in [-0.39, 0.29) is 0 Å². The fourth-order valence-electron chi connectivity index (χ4n) is 7.70. The summed E-state index contributed by atoms with van der Waals surface area (Å²) in [4.78, 5) is 27.1. The number of esters is 2. The van der Waals surface area contributed by atoms with Crippen molar-refractivity contribution in [1.29, 1.82) is 0 Å². The minimum Gasteiger partial charge on any atom is -0.465 e. The van der Waals surface area contributed by atoms with E-state index in [1.165, 1.54) is 76.7 Å². The van der Waals surface area contributed by atoms with Crippen LogP contribution in [0.25, 0.3) is 0 Å². The molecule has 0 fully saturated rings. The molecule has 0 heterocycles. The van der Waals surface area contributed by atoms with E-state index < -0.39 is 11.9 Å². The van der Waals surface area contributed by atoms with E-state index in [1.807, 2.05) is 0 Å². The van der Waals surface area contributed by atoms with Crippen LogP contribution in [0, 0.1) is 0 Å². The molecule has 0 saturated heterocycles. The average Bonchev–Trinajstić information content (AvgIpc) is 3.02. The van der Waals surface area contributed by atoms with Gasteiger partial charge in [0.15, 0.2) is 0 Å². The molecule has 4 heteroatoms. The van der Waals surface area contributed by atoms with E-state index in [1.54, 1.807) is 33.4 Å². The van der Waals surface area contributed by atoms with Gasteiger partial charge in [-0.3, -0.25) is 0 Å². The van der Waals surface area contributed by atoms with Crippen LogP contribution in [-0.4, -0.2) is 26.2 Å². The van der Waals surface area contributed by atoms with Crippen molar-refractivity contribution in [3.63, 3.8) is 0 Å². The zero-order chi connectivity index (χ0) is 30.2. The predicted molar refractivity (Wildman–Crippen MR) is 172 cm³/mol. The number of hydrogen-bond acceptors (Lipinski definition) is 4. The van der Waals surface area contributed by atoms with Crippen molar-refractivity contribution < 1.29 is 19.1 Å². The molecular weight excluding hydrogens is 520 g/mol. The quantitative estimate of drug-likeness (QED) is 0.180. The van der Waals surface area contributed by atoms with Crippen LogP contribution in [0.15, 0.2) is 0 Å². The van der Waals surface area contributed by atoms with Gasteiger partial charge in [0.25, 0.3) is 0 Å². The van der Waals surface area contributed by atoms with Crippen LogP contribution >= 0.6 is 0 Å². The number of rotatable bonds is 14. The highest BCUT2D eigenvalue weighted by atomic mass is 16.5. The Morgan fingerprint density at radius 2 is 0.810 bits per heavy atom. The van der Waals surface area contributed by atoms with E-state index in [0.717, 1.165) is 75.3 Å². The van der Waals surface area contributed by atoms with Crippen molar-refractivity contribution in [1.82, 2.24) is 0 Å². The molecule has 0 atom stereocenters. The summed E-state index contributed by atoms with van der Waals surface area (Å²) in [6.07, 6.45) is 19.3. The van der Waals surface area contributed by atoms with Gasteiger partial charge in [0, 0.05) is 0 Å². The first-order valence-electron chi connectivity index (χ1n) is 17.0. The minimum absolute atomic E-state index is 0.409. The summed E-state index contributed by atoms with van der Waals surface area (Å²) < 4.78 is 10.8. The third kappa shape index (κ3) is 6.33. The first-order valence-corrected chi connectivity index (χ1v) is 17.0. The fourth-order valence-corrected chi connectivity index (χ4v) is 7.70. The molecule has 0 unspecified atom stereocenters. The highest BCUT2D eigenvalue weighted by Crippen LogP contribution is 2.44. The summed E-state index contributed by atoms with van der Waals surface area (Å²) in [5.41, 5.74) is 15.2. The normalized spacial score (nSPS) is 13.8. The number of methoxy groups -OCH3 is 2. The van der Waals surface area contributed by atoms with Crippen molar-refractivity contribution in [2.45, 2.75) is 143 Å². The smallest absolute Gasteiger partial charge is 0.339 e. The Kier molecular flexibility index (Phi) is 11.7. The first kappa shape index (κ1) is 32.3. The Morgan fingerprint density at radius 3 is 1.12 bits per heavy atom. The highest BCUT2D eigenvalue weighted by molar-refractivity contribution is 6.06. The molecule has 0 aromatic heterocycles. The molecule has 230 valence electrons. The topological polar surface area (TPSA) is 52.6 Å². The molecule has 4 rings (SSSR count).